The van der Waals surface area contributed by atoms with E-state index in [0.29, 0.717) is 12.8 Å². The molecule has 0 N–H and O–H groups in total. The summed E-state index contributed by atoms with van der Waals surface area (Å²) in [5, 5.41) is 0. The molecule has 0 spiro atoms. The van der Waals surface area contributed by atoms with Gasteiger partial charge < -0.3 is 4.74 Å². The van der Waals surface area contributed by atoms with Gasteiger partial charge in [0.1, 0.15) is 11.2 Å². The predicted molar refractivity (Wildman–Crippen MR) is 48.2 cm³/mol. The number of hydrogen-bond acceptors (Lipinski definition) is 2. The third-order valence-corrected chi connectivity index (χ3v) is 2.59. The highest BCUT2D eigenvalue weighted by atomic mass is 19.4. The monoisotopic (exact) mass is 222 g/mol. The second kappa shape index (κ2) is 3.87. The normalized spacial score (nSPS) is 20.0. The van der Waals surface area contributed by atoms with E-state index >= 15 is 0 Å². The van der Waals surface area contributed by atoms with E-state index < -0.39 is 23.3 Å². The Morgan fingerprint density at radius 1 is 1.33 bits per heavy atom. The SMILES string of the molecule is C=C(C(=O)OC1(C)CCCC1)C(F)(F)F. The molecule has 2 nitrogen and oxygen atoms in total. The maximum atomic E-state index is 12.1. The maximum absolute atomic E-state index is 12.1. The maximum Gasteiger partial charge on any atom is 0.422 e. The molecular weight excluding hydrogens is 209 g/mol. The molecule has 0 amide bonds. The van der Waals surface area contributed by atoms with Gasteiger partial charge in [-0.2, -0.15) is 13.2 Å². The zero-order valence-electron chi connectivity index (χ0n) is 8.49. The molecule has 1 fully saturated rings. The van der Waals surface area contributed by atoms with Crippen LogP contribution in [0.5, 0.6) is 0 Å². The first-order valence-corrected chi connectivity index (χ1v) is 4.74. The molecule has 1 aliphatic rings. The predicted octanol–water partition coefficient (Wildman–Crippen LogP) is 2.98. The van der Waals surface area contributed by atoms with Crippen molar-refractivity contribution >= 4 is 5.97 Å². The van der Waals surface area contributed by atoms with Crippen molar-refractivity contribution in [3.63, 3.8) is 0 Å². The van der Waals surface area contributed by atoms with Gasteiger partial charge in [-0.3, -0.25) is 0 Å². The van der Waals surface area contributed by atoms with Crippen molar-refractivity contribution in [3.05, 3.63) is 12.2 Å². The molecule has 1 rings (SSSR count). The van der Waals surface area contributed by atoms with Gasteiger partial charge in [0.05, 0.1) is 0 Å². The highest BCUT2D eigenvalue weighted by Gasteiger charge is 2.41. The quantitative estimate of drug-likeness (QED) is 0.530. The van der Waals surface area contributed by atoms with Gasteiger partial charge >= 0.3 is 12.1 Å². The summed E-state index contributed by atoms with van der Waals surface area (Å²) in [6.45, 7) is 4.35. The van der Waals surface area contributed by atoms with E-state index in [-0.39, 0.29) is 0 Å². The minimum Gasteiger partial charge on any atom is -0.456 e. The lowest BCUT2D eigenvalue weighted by atomic mass is 10.1. The van der Waals surface area contributed by atoms with Gasteiger partial charge in [-0.1, -0.05) is 6.58 Å². The van der Waals surface area contributed by atoms with Crippen LogP contribution in [0.3, 0.4) is 0 Å². The third-order valence-electron chi connectivity index (χ3n) is 2.59. The molecule has 0 heterocycles. The molecule has 0 aromatic heterocycles. The van der Waals surface area contributed by atoms with Crippen LogP contribution in [0.4, 0.5) is 13.2 Å². The number of hydrogen-bond donors (Lipinski definition) is 0. The number of halogens is 3. The van der Waals surface area contributed by atoms with E-state index in [1.54, 1.807) is 6.92 Å². The summed E-state index contributed by atoms with van der Waals surface area (Å²) in [6.07, 6.45) is -1.72. The Balaban J connectivity index is 2.59. The lowest BCUT2D eigenvalue weighted by Crippen LogP contribution is -2.31. The molecule has 0 bridgehead atoms. The number of rotatable bonds is 2. The molecule has 86 valence electrons. The van der Waals surface area contributed by atoms with Gasteiger partial charge in [0.15, 0.2) is 0 Å². The lowest BCUT2D eigenvalue weighted by molar-refractivity contribution is -0.162. The molecule has 0 atom stereocenters. The second-order valence-corrected chi connectivity index (χ2v) is 4.02. The van der Waals surface area contributed by atoms with Crippen LogP contribution in [0.15, 0.2) is 12.2 Å². The van der Waals surface area contributed by atoms with Crippen LogP contribution < -0.4 is 0 Å². The summed E-state index contributed by atoms with van der Waals surface area (Å²) in [6, 6.07) is 0. The van der Waals surface area contributed by atoms with Crippen LogP contribution in [-0.4, -0.2) is 17.7 Å². The summed E-state index contributed by atoms with van der Waals surface area (Å²) in [5.74, 6) is -1.35. The average molecular weight is 222 g/mol. The molecule has 0 aromatic rings. The van der Waals surface area contributed by atoms with Crippen molar-refractivity contribution < 1.29 is 22.7 Å². The van der Waals surface area contributed by atoms with E-state index in [4.69, 9.17) is 4.74 Å². The van der Waals surface area contributed by atoms with E-state index in [1.807, 2.05) is 0 Å². The van der Waals surface area contributed by atoms with Crippen molar-refractivity contribution in [2.75, 3.05) is 0 Å². The van der Waals surface area contributed by atoms with Gasteiger partial charge in [-0.15, -0.1) is 0 Å². The summed E-state index contributed by atoms with van der Waals surface area (Å²) in [5.41, 5.74) is -2.18. The van der Waals surface area contributed by atoms with E-state index in [2.05, 4.69) is 6.58 Å². The fourth-order valence-corrected chi connectivity index (χ4v) is 1.63. The van der Waals surface area contributed by atoms with Crippen LogP contribution in [0.1, 0.15) is 32.6 Å². The first-order chi connectivity index (χ1) is 6.75. The third kappa shape index (κ3) is 2.97. The first kappa shape index (κ1) is 12.1. The van der Waals surface area contributed by atoms with Gasteiger partial charge in [0.2, 0.25) is 0 Å². The van der Waals surface area contributed by atoms with Gasteiger partial charge in [0.25, 0.3) is 0 Å². The number of carbonyl (C=O) groups is 1. The Morgan fingerprint density at radius 2 is 1.80 bits per heavy atom. The van der Waals surface area contributed by atoms with Crippen LogP contribution in [0, 0.1) is 0 Å². The van der Waals surface area contributed by atoms with E-state index in [0.717, 1.165) is 12.8 Å². The standard InChI is InChI=1S/C10H13F3O2/c1-7(10(11,12)13)8(14)15-9(2)5-3-4-6-9/h1,3-6H2,2H3. The molecule has 1 aliphatic carbocycles. The smallest absolute Gasteiger partial charge is 0.422 e. The van der Waals surface area contributed by atoms with Crippen LogP contribution >= 0.6 is 0 Å². The minimum atomic E-state index is -4.70. The lowest BCUT2D eigenvalue weighted by Gasteiger charge is -2.24. The van der Waals surface area contributed by atoms with Crippen LogP contribution in [0.25, 0.3) is 0 Å². The summed E-state index contributed by atoms with van der Waals surface area (Å²) in [7, 11) is 0. The van der Waals surface area contributed by atoms with Crippen LogP contribution in [-0.2, 0) is 9.53 Å². The van der Waals surface area contributed by atoms with E-state index in [9.17, 15) is 18.0 Å². The molecule has 5 heteroatoms. The van der Waals surface area contributed by atoms with E-state index in [1.165, 1.54) is 0 Å². The Hall–Kier alpha value is -1.00. The van der Waals surface area contributed by atoms with Crippen molar-refractivity contribution in [1.29, 1.82) is 0 Å². The molecule has 0 unspecified atom stereocenters. The summed E-state index contributed by atoms with van der Waals surface area (Å²) in [4.78, 5) is 11.1. The zero-order valence-corrected chi connectivity index (χ0v) is 8.49. The minimum absolute atomic E-state index is 0.615. The number of alkyl halides is 3. The fraction of sp³-hybridized carbons (Fsp3) is 0.700. The fourth-order valence-electron chi connectivity index (χ4n) is 1.63. The molecule has 0 saturated heterocycles. The summed E-state index contributed by atoms with van der Waals surface area (Å²) >= 11 is 0. The Kier molecular flexibility index (Phi) is 3.11. The zero-order chi connectivity index (χ0) is 11.7. The molecular formula is C10H13F3O2. The number of ether oxygens (including phenoxy) is 1. The Morgan fingerprint density at radius 3 is 2.20 bits per heavy atom. The average Bonchev–Trinajstić information content (AvgIpc) is 2.48. The second-order valence-electron chi connectivity index (χ2n) is 4.02. The number of esters is 1. The number of carbonyl (C=O) groups excluding carboxylic acids is 1. The Bertz CT molecular complexity index is 275. The van der Waals surface area contributed by atoms with Gasteiger partial charge in [-0.05, 0) is 32.6 Å². The van der Waals surface area contributed by atoms with Gasteiger partial charge in [0, 0.05) is 0 Å². The Labute approximate surface area is 86.1 Å². The molecule has 0 radical (unpaired) electrons. The first-order valence-electron chi connectivity index (χ1n) is 4.74. The molecule has 15 heavy (non-hydrogen) atoms. The van der Waals surface area contributed by atoms with Crippen molar-refractivity contribution in [2.24, 2.45) is 0 Å². The van der Waals surface area contributed by atoms with Crippen molar-refractivity contribution in [3.8, 4) is 0 Å². The molecule has 0 aliphatic heterocycles. The summed E-state index contributed by atoms with van der Waals surface area (Å²) < 4.78 is 41.1. The molecule has 1 saturated carbocycles. The topological polar surface area (TPSA) is 26.3 Å². The highest BCUT2D eigenvalue weighted by Crippen LogP contribution is 2.34. The van der Waals surface area contributed by atoms with Crippen LogP contribution in [0.2, 0.25) is 0 Å². The molecule has 0 aromatic carbocycles. The van der Waals surface area contributed by atoms with Crippen molar-refractivity contribution in [1.82, 2.24) is 0 Å². The van der Waals surface area contributed by atoms with Gasteiger partial charge in [-0.25, -0.2) is 4.79 Å². The largest absolute Gasteiger partial charge is 0.456 e. The van der Waals surface area contributed by atoms with Crippen molar-refractivity contribution in [2.45, 2.75) is 44.4 Å². The highest BCUT2D eigenvalue weighted by molar-refractivity contribution is 5.89.